The molecule has 2 rings (SSSR count). The quantitative estimate of drug-likeness (QED) is 0.658. The minimum atomic E-state index is -0.412. The van der Waals surface area contributed by atoms with Gasteiger partial charge in [0.2, 0.25) is 11.9 Å². The first-order valence-electron chi connectivity index (χ1n) is 6.84. The molecule has 8 heteroatoms. The van der Waals surface area contributed by atoms with Crippen LogP contribution in [0.3, 0.4) is 0 Å². The summed E-state index contributed by atoms with van der Waals surface area (Å²) < 4.78 is 1.55. The number of hydrogen-bond acceptors (Lipinski definition) is 6. The van der Waals surface area contributed by atoms with Crippen LogP contribution in [0, 0.1) is 0 Å². The first kappa shape index (κ1) is 14.9. The van der Waals surface area contributed by atoms with Gasteiger partial charge in [0, 0.05) is 13.1 Å². The second kappa shape index (κ2) is 7.34. The van der Waals surface area contributed by atoms with E-state index in [2.05, 4.69) is 26.2 Å². The van der Waals surface area contributed by atoms with Crippen molar-refractivity contribution in [1.29, 1.82) is 0 Å². The summed E-state index contributed by atoms with van der Waals surface area (Å²) >= 11 is 0. The Hall–Kier alpha value is -2.48. The van der Waals surface area contributed by atoms with E-state index in [-0.39, 0.29) is 5.91 Å². The number of carbonyl (C=O) groups excluding carboxylic acids is 1. The molecule has 21 heavy (non-hydrogen) atoms. The average Bonchev–Trinajstić information content (AvgIpc) is 2.99. The van der Waals surface area contributed by atoms with Crippen molar-refractivity contribution in [3.8, 4) is 5.69 Å². The van der Waals surface area contributed by atoms with Gasteiger partial charge >= 0.3 is 0 Å². The van der Waals surface area contributed by atoms with Crippen molar-refractivity contribution < 1.29 is 4.79 Å². The molecule has 0 saturated heterocycles. The highest BCUT2D eigenvalue weighted by Gasteiger charge is 2.19. The molecule has 1 heterocycles. The van der Waals surface area contributed by atoms with Crippen molar-refractivity contribution >= 4 is 11.9 Å². The van der Waals surface area contributed by atoms with Crippen LogP contribution < -0.4 is 16.4 Å². The third-order valence-electron chi connectivity index (χ3n) is 2.94. The molecule has 1 atom stereocenters. The molecule has 2 aromatic rings. The van der Waals surface area contributed by atoms with Crippen LogP contribution in [-0.4, -0.2) is 45.2 Å². The molecule has 4 N–H and O–H groups in total. The number of carbonyl (C=O) groups is 1. The number of rotatable bonds is 7. The maximum atomic E-state index is 12.0. The van der Waals surface area contributed by atoms with Gasteiger partial charge < -0.3 is 16.4 Å². The van der Waals surface area contributed by atoms with E-state index in [1.807, 2.05) is 37.3 Å². The molecule has 0 fully saturated rings. The lowest BCUT2D eigenvalue weighted by molar-refractivity contribution is -0.121. The maximum Gasteiger partial charge on any atom is 0.248 e. The number of para-hydroxylation sites is 1. The number of hydrogen-bond donors (Lipinski definition) is 3. The van der Waals surface area contributed by atoms with Crippen LogP contribution >= 0.6 is 0 Å². The van der Waals surface area contributed by atoms with Crippen molar-refractivity contribution in [1.82, 2.24) is 25.5 Å². The van der Waals surface area contributed by atoms with Crippen molar-refractivity contribution in [3.05, 3.63) is 30.3 Å². The summed E-state index contributed by atoms with van der Waals surface area (Å²) in [6.45, 7) is 2.76. The Morgan fingerprint density at radius 3 is 2.81 bits per heavy atom. The zero-order chi connectivity index (χ0) is 15.1. The lowest BCUT2D eigenvalue weighted by Crippen LogP contribution is -2.41. The number of benzene rings is 1. The highest BCUT2D eigenvalue weighted by molar-refractivity contribution is 5.84. The fraction of sp³-hybridized carbons (Fsp3) is 0.385. The molecule has 0 radical (unpaired) electrons. The van der Waals surface area contributed by atoms with Crippen LogP contribution in [0.4, 0.5) is 5.95 Å². The molecule has 8 nitrogen and oxygen atoms in total. The molecule has 112 valence electrons. The second-order valence-electron chi connectivity index (χ2n) is 4.43. The Bertz CT molecular complexity index is 569. The molecular formula is C13H19N7O. The minimum absolute atomic E-state index is 0.120. The van der Waals surface area contributed by atoms with Gasteiger partial charge in [-0.15, -0.1) is 0 Å². The third kappa shape index (κ3) is 3.76. The van der Waals surface area contributed by atoms with Gasteiger partial charge in [-0.05, 0) is 29.0 Å². The maximum absolute atomic E-state index is 12.0. The zero-order valence-corrected chi connectivity index (χ0v) is 11.9. The van der Waals surface area contributed by atoms with Crippen LogP contribution in [0.1, 0.15) is 13.3 Å². The number of nitrogens with one attached hydrogen (secondary N) is 2. The van der Waals surface area contributed by atoms with Crippen LogP contribution in [-0.2, 0) is 4.79 Å². The Kier molecular flexibility index (Phi) is 5.22. The molecule has 1 unspecified atom stereocenters. The number of aromatic nitrogens is 4. The van der Waals surface area contributed by atoms with Crippen molar-refractivity contribution in [3.63, 3.8) is 0 Å². The SMILES string of the molecule is CCC(Nc1nnnn1-c1ccccc1)C(=O)NCCN. The van der Waals surface area contributed by atoms with Crippen molar-refractivity contribution in [2.45, 2.75) is 19.4 Å². The zero-order valence-electron chi connectivity index (χ0n) is 11.9. The van der Waals surface area contributed by atoms with Gasteiger partial charge in [0.15, 0.2) is 0 Å². The average molecular weight is 289 g/mol. The highest BCUT2D eigenvalue weighted by atomic mass is 16.2. The smallest absolute Gasteiger partial charge is 0.248 e. The van der Waals surface area contributed by atoms with E-state index in [0.717, 1.165) is 5.69 Å². The van der Waals surface area contributed by atoms with E-state index in [4.69, 9.17) is 5.73 Å². The van der Waals surface area contributed by atoms with Gasteiger partial charge in [0.1, 0.15) is 6.04 Å². The topological polar surface area (TPSA) is 111 Å². The van der Waals surface area contributed by atoms with E-state index < -0.39 is 6.04 Å². The lowest BCUT2D eigenvalue weighted by Gasteiger charge is -2.16. The van der Waals surface area contributed by atoms with Gasteiger partial charge in [-0.1, -0.05) is 30.2 Å². The molecule has 0 spiro atoms. The van der Waals surface area contributed by atoms with Gasteiger partial charge in [-0.3, -0.25) is 4.79 Å². The first-order chi connectivity index (χ1) is 10.3. The minimum Gasteiger partial charge on any atom is -0.353 e. The molecule has 1 aromatic heterocycles. The summed E-state index contributed by atoms with van der Waals surface area (Å²) in [5.41, 5.74) is 6.20. The Morgan fingerprint density at radius 1 is 1.38 bits per heavy atom. The summed E-state index contributed by atoms with van der Waals surface area (Å²) in [6, 6.07) is 9.06. The third-order valence-corrected chi connectivity index (χ3v) is 2.94. The van der Waals surface area contributed by atoms with Crippen molar-refractivity contribution in [2.75, 3.05) is 18.4 Å². The molecule has 1 amide bonds. The van der Waals surface area contributed by atoms with Crippen LogP contribution in [0.2, 0.25) is 0 Å². The first-order valence-corrected chi connectivity index (χ1v) is 6.84. The van der Waals surface area contributed by atoms with Gasteiger partial charge in [-0.25, -0.2) is 0 Å². The molecule has 0 aliphatic carbocycles. The molecular weight excluding hydrogens is 270 g/mol. The number of anilines is 1. The van der Waals surface area contributed by atoms with E-state index in [9.17, 15) is 4.79 Å². The molecule has 0 saturated carbocycles. The number of tetrazole rings is 1. The van der Waals surface area contributed by atoms with E-state index in [0.29, 0.717) is 25.5 Å². The van der Waals surface area contributed by atoms with Crippen LogP contribution in [0.25, 0.3) is 5.69 Å². The predicted molar refractivity (Wildman–Crippen MR) is 78.9 cm³/mol. The summed E-state index contributed by atoms with van der Waals surface area (Å²) in [6.07, 6.45) is 0.609. The number of nitrogens with two attached hydrogens (primary N) is 1. The summed E-state index contributed by atoms with van der Waals surface area (Å²) in [5, 5.41) is 17.3. The fourth-order valence-corrected chi connectivity index (χ4v) is 1.85. The van der Waals surface area contributed by atoms with Gasteiger partial charge in [0.05, 0.1) is 5.69 Å². The molecule has 0 aliphatic heterocycles. The number of nitrogens with zero attached hydrogens (tertiary/aromatic N) is 4. The van der Waals surface area contributed by atoms with E-state index in [1.165, 1.54) is 0 Å². The summed E-state index contributed by atoms with van der Waals surface area (Å²) in [5.74, 6) is 0.307. The molecule has 0 bridgehead atoms. The van der Waals surface area contributed by atoms with Crippen LogP contribution in [0.5, 0.6) is 0 Å². The fourth-order valence-electron chi connectivity index (χ4n) is 1.85. The second-order valence-corrected chi connectivity index (χ2v) is 4.43. The largest absolute Gasteiger partial charge is 0.353 e. The van der Waals surface area contributed by atoms with Gasteiger partial charge in [0.25, 0.3) is 0 Å². The van der Waals surface area contributed by atoms with E-state index in [1.54, 1.807) is 4.68 Å². The van der Waals surface area contributed by atoms with Gasteiger partial charge in [-0.2, -0.15) is 4.68 Å². The van der Waals surface area contributed by atoms with Crippen molar-refractivity contribution in [2.24, 2.45) is 5.73 Å². The number of amides is 1. The Morgan fingerprint density at radius 2 is 2.14 bits per heavy atom. The molecule has 1 aromatic carbocycles. The Balaban J connectivity index is 2.12. The lowest BCUT2D eigenvalue weighted by atomic mass is 10.2. The standard InChI is InChI=1S/C13H19N7O/c1-2-11(12(21)15-9-8-14)16-13-17-18-19-20(13)10-6-4-3-5-7-10/h3-7,11H,2,8-9,14H2,1H3,(H,15,21)(H,16,17,19). The van der Waals surface area contributed by atoms with E-state index >= 15 is 0 Å². The Labute approximate surface area is 122 Å². The van der Waals surface area contributed by atoms with Crippen LogP contribution in [0.15, 0.2) is 30.3 Å². The monoisotopic (exact) mass is 289 g/mol. The normalized spacial score (nSPS) is 11.9. The summed E-state index contributed by atoms with van der Waals surface area (Å²) in [7, 11) is 0. The highest BCUT2D eigenvalue weighted by Crippen LogP contribution is 2.12. The molecule has 0 aliphatic rings. The summed E-state index contributed by atoms with van der Waals surface area (Å²) in [4.78, 5) is 12.0. The predicted octanol–water partition coefficient (Wildman–Crippen LogP) is -0.0723.